The molecule has 0 saturated carbocycles. The number of rotatable bonds is 3. The van der Waals surface area contributed by atoms with E-state index in [4.69, 9.17) is 0 Å². The fraction of sp³-hybridized carbons (Fsp3) is 0.571. The third-order valence-corrected chi connectivity index (χ3v) is 4.65. The van der Waals surface area contributed by atoms with E-state index in [-0.39, 0.29) is 21.1 Å². The van der Waals surface area contributed by atoms with Crippen molar-refractivity contribution in [3.8, 4) is 0 Å². The van der Waals surface area contributed by atoms with Crippen LogP contribution >= 0.6 is 0 Å². The van der Waals surface area contributed by atoms with Gasteiger partial charge in [-0.3, -0.25) is 0 Å². The normalized spacial score (nSPS) is 10.2. The van der Waals surface area contributed by atoms with Crippen molar-refractivity contribution in [2.75, 3.05) is 0 Å². The van der Waals surface area contributed by atoms with E-state index in [1.807, 2.05) is 17.9 Å². The van der Waals surface area contributed by atoms with Gasteiger partial charge in [0.1, 0.15) is 0 Å². The average Bonchev–Trinajstić information content (AvgIpc) is 2.31. The van der Waals surface area contributed by atoms with Gasteiger partial charge in [-0.2, -0.15) is 0 Å². The van der Waals surface area contributed by atoms with Crippen molar-refractivity contribution in [2.45, 2.75) is 15.8 Å². The van der Waals surface area contributed by atoms with Crippen LogP contribution in [0.2, 0.25) is 4.44 Å². The van der Waals surface area contributed by atoms with Crippen LogP contribution in [0.4, 0.5) is 0 Å². The van der Waals surface area contributed by atoms with Crippen LogP contribution in [-0.2, 0) is 11.5 Å². The third kappa shape index (κ3) is 2.00. The number of hydrogen-bond acceptors (Lipinski definition) is 1. The van der Waals surface area contributed by atoms with Gasteiger partial charge in [-0.15, -0.1) is 0 Å². The summed E-state index contributed by atoms with van der Waals surface area (Å²) in [5.41, 5.74) is 1.41. The van der Waals surface area contributed by atoms with Crippen LogP contribution < -0.4 is 0 Å². The van der Waals surface area contributed by atoms with Crippen molar-refractivity contribution >= 4 is 21.1 Å². The van der Waals surface area contributed by atoms with Crippen LogP contribution in [0.1, 0.15) is 12.6 Å². The fourth-order valence-corrected chi connectivity index (χ4v) is 3.26. The van der Waals surface area contributed by atoms with Crippen molar-refractivity contribution in [1.29, 1.82) is 0 Å². The van der Waals surface area contributed by atoms with Crippen LogP contribution in [0.25, 0.3) is 0 Å². The van der Waals surface area contributed by atoms with Crippen LogP contribution in [0.5, 0.6) is 0 Å². The fourth-order valence-electron chi connectivity index (χ4n) is 0.828. The molecule has 3 heteroatoms. The van der Waals surface area contributed by atoms with Crippen molar-refractivity contribution in [3.05, 3.63) is 18.0 Å². The number of hydrogen-bond donors (Lipinski definition) is 0. The van der Waals surface area contributed by atoms with Crippen LogP contribution in [0.3, 0.4) is 0 Å². The molecule has 2 nitrogen and oxygen atoms in total. The summed E-state index contributed by atoms with van der Waals surface area (Å²) in [6.07, 6.45) is 1.88. The Bertz CT molecular complexity index is 195. The molecule has 10 heavy (non-hydrogen) atoms. The second kappa shape index (κ2) is 4.01. The molecule has 0 spiro atoms. The summed E-state index contributed by atoms with van der Waals surface area (Å²) in [6.45, 7) is 2.28. The first-order valence-electron chi connectivity index (χ1n) is 3.52. The molecule has 1 rings (SSSR count). The molecule has 1 aromatic heterocycles. The minimum atomic E-state index is -0.0743. The standard InChI is InChI=1S/C5H7N2.C2H5.Sn/c1-5-3-4-6-7(5)2;1-2;/h3-4H,1H2,2H3;1H2,2H3;. The Morgan fingerprint density at radius 2 is 2.50 bits per heavy atom. The summed E-state index contributed by atoms with van der Waals surface area (Å²) < 4.78 is 4.74. The minimum absolute atomic E-state index is 0.0743. The van der Waals surface area contributed by atoms with Gasteiger partial charge in [-0.05, 0) is 0 Å². The van der Waals surface area contributed by atoms with Gasteiger partial charge in [0.15, 0.2) is 0 Å². The molecule has 0 aliphatic heterocycles. The Morgan fingerprint density at radius 1 is 1.70 bits per heavy atom. The van der Waals surface area contributed by atoms with E-state index in [0.29, 0.717) is 0 Å². The van der Waals surface area contributed by atoms with E-state index in [2.05, 4.69) is 18.1 Å². The maximum atomic E-state index is 4.11. The second-order valence-corrected chi connectivity index (χ2v) is 6.68. The van der Waals surface area contributed by atoms with E-state index >= 15 is 0 Å². The number of nitrogens with zero attached hydrogens (tertiary/aromatic N) is 2. The Labute approximate surface area is 71.8 Å². The Hall–Kier alpha value is 0.00870. The molecular formula is C7H12N2Sn. The van der Waals surface area contributed by atoms with Gasteiger partial charge in [0.2, 0.25) is 0 Å². The van der Waals surface area contributed by atoms with Gasteiger partial charge in [0, 0.05) is 0 Å². The van der Waals surface area contributed by atoms with Crippen molar-refractivity contribution < 1.29 is 0 Å². The van der Waals surface area contributed by atoms with E-state index in [1.165, 1.54) is 14.6 Å². The summed E-state index contributed by atoms with van der Waals surface area (Å²) in [7, 11) is 2.02. The Kier molecular flexibility index (Phi) is 3.25. The molecule has 0 unspecified atom stereocenters. The topological polar surface area (TPSA) is 17.8 Å². The predicted octanol–water partition coefficient (Wildman–Crippen LogP) is 1.06. The Balaban J connectivity index is 2.49. The molecule has 54 valence electrons. The van der Waals surface area contributed by atoms with Crippen LogP contribution in [0, 0.1) is 0 Å². The van der Waals surface area contributed by atoms with Crippen molar-refractivity contribution in [1.82, 2.24) is 9.78 Å². The molecule has 2 radical (unpaired) electrons. The third-order valence-electron chi connectivity index (χ3n) is 1.48. The van der Waals surface area contributed by atoms with Gasteiger partial charge >= 0.3 is 71.7 Å². The summed E-state index contributed by atoms with van der Waals surface area (Å²) in [4.78, 5) is 0. The van der Waals surface area contributed by atoms with Crippen molar-refractivity contribution in [2.24, 2.45) is 7.05 Å². The molecule has 0 aliphatic rings. The van der Waals surface area contributed by atoms with E-state index in [9.17, 15) is 0 Å². The number of aromatic nitrogens is 2. The average molecular weight is 243 g/mol. The van der Waals surface area contributed by atoms with Gasteiger partial charge in [-0.1, -0.05) is 0 Å². The molecule has 0 N–H and O–H groups in total. The molecule has 1 aromatic rings. The van der Waals surface area contributed by atoms with Crippen LogP contribution in [-0.4, -0.2) is 30.9 Å². The summed E-state index contributed by atoms with van der Waals surface area (Å²) in [5.74, 6) is 0. The maximum absolute atomic E-state index is 4.11. The van der Waals surface area contributed by atoms with E-state index in [0.717, 1.165) is 0 Å². The van der Waals surface area contributed by atoms with Gasteiger partial charge in [0.25, 0.3) is 0 Å². The first kappa shape index (κ1) is 8.11. The zero-order valence-corrected chi connectivity index (χ0v) is 9.32. The molecule has 1 heterocycles. The molecule has 0 saturated heterocycles. The molecule has 0 aliphatic carbocycles. The molecule has 0 bridgehead atoms. The van der Waals surface area contributed by atoms with E-state index in [1.54, 1.807) is 0 Å². The molecule has 0 fully saturated rings. The van der Waals surface area contributed by atoms with E-state index < -0.39 is 0 Å². The number of aryl methyl sites for hydroxylation is 1. The van der Waals surface area contributed by atoms with Gasteiger partial charge in [-0.25, -0.2) is 0 Å². The summed E-state index contributed by atoms with van der Waals surface area (Å²) >= 11 is -0.0743. The molecule has 0 atom stereocenters. The molecule has 0 amide bonds. The molecular weight excluding hydrogens is 231 g/mol. The summed E-state index contributed by atoms with van der Waals surface area (Å²) in [5, 5.41) is 4.11. The van der Waals surface area contributed by atoms with Gasteiger partial charge in [0.05, 0.1) is 0 Å². The zero-order valence-electron chi connectivity index (χ0n) is 6.46. The quantitative estimate of drug-likeness (QED) is 0.725. The van der Waals surface area contributed by atoms with Crippen LogP contribution in [0.15, 0.2) is 12.3 Å². The summed E-state index contributed by atoms with van der Waals surface area (Å²) in [6, 6.07) is 2.12. The first-order valence-corrected chi connectivity index (χ1v) is 7.56. The zero-order chi connectivity index (χ0) is 7.40. The Morgan fingerprint density at radius 3 is 3.00 bits per heavy atom. The first-order chi connectivity index (χ1) is 4.84. The van der Waals surface area contributed by atoms with Gasteiger partial charge < -0.3 is 0 Å². The molecule has 0 aromatic carbocycles. The SMILES string of the molecule is C[CH2][Sn][CH2]c1ccnn1C. The van der Waals surface area contributed by atoms with Crippen molar-refractivity contribution in [3.63, 3.8) is 0 Å². The predicted molar refractivity (Wildman–Crippen MR) is 43.1 cm³/mol. The second-order valence-electron chi connectivity index (χ2n) is 2.23. The monoisotopic (exact) mass is 244 g/mol.